The summed E-state index contributed by atoms with van der Waals surface area (Å²) in [5.74, 6) is 0.598. The van der Waals surface area contributed by atoms with E-state index >= 15 is 0 Å². The Morgan fingerprint density at radius 3 is 2.89 bits per heavy atom. The maximum absolute atomic E-state index is 12.0. The van der Waals surface area contributed by atoms with Crippen LogP contribution in [-0.4, -0.2) is 35.1 Å². The van der Waals surface area contributed by atoms with Crippen LogP contribution in [0.15, 0.2) is 17.2 Å². The molecule has 1 aliphatic heterocycles. The molecule has 0 atom stereocenters. The molecular formula is C13H20N4O. The summed E-state index contributed by atoms with van der Waals surface area (Å²) >= 11 is 0. The fourth-order valence-corrected chi connectivity index (χ4v) is 3.37. The minimum Gasteiger partial charge on any atom is -0.344 e. The summed E-state index contributed by atoms with van der Waals surface area (Å²) < 4.78 is 0. The van der Waals surface area contributed by atoms with Crippen LogP contribution in [0.2, 0.25) is 0 Å². The second kappa shape index (κ2) is 4.72. The van der Waals surface area contributed by atoms with E-state index in [4.69, 9.17) is 0 Å². The van der Waals surface area contributed by atoms with Crippen molar-refractivity contribution in [3.05, 3.63) is 22.7 Å². The van der Waals surface area contributed by atoms with Gasteiger partial charge in [-0.05, 0) is 12.8 Å². The predicted octanol–water partition coefficient (Wildman–Crippen LogP) is 0.882. The van der Waals surface area contributed by atoms with E-state index in [-0.39, 0.29) is 11.1 Å². The van der Waals surface area contributed by atoms with Crippen LogP contribution >= 0.6 is 0 Å². The average Bonchev–Trinajstić information content (AvgIpc) is 2.41. The molecule has 1 saturated carbocycles. The zero-order valence-corrected chi connectivity index (χ0v) is 10.6. The largest absolute Gasteiger partial charge is 0.344 e. The van der Waals surface area contributed by atoms with Crippen molar-refractivity contribution in [2.75, 3.05) is 24.5 Å². The molecule has 1 aliphatic carbocycles. The molecule has 1 aromatic heterocycles. The Morgan fingerprint density at radius 2 is 2.11 bits per heavy atom. The SMILES string of the molecule is O=c1[nH]ccnc1N1CCNCC12CCCCC2. The number of nitrogens with zero attached hydrogens (tertiary/aromatic N) is 2. The molecule has 2 N–H and O–H groups in total. The Balaban J connectivity index is 1.97. The first-order chi connectivity index (χ1) is 8.82. The van der Waals surface area contributed by atoms with Crippen LogP contribution in [0.5, 0.6) is 0 Å². The predicted molar refractivity (Wildman–Crippen MR) is 70.9 cm³/mol. The summed E-state index contributed by atoms with van der Waals surface area (Å²) in [4.78, 5) is 21.3. The standard InChI is InChI=1S/C13H20N4O/c18-12-11(15-6-7-16-12)17-9-8-14-10-13(17)4-2-1-3-5-13/h6-7,14H,1-5,8-10H2,(H,16,18). The normalized spacial score (nSPS) is 23.2. The van der Waals surface area contributed by atoms with Gasteiger partial charge in [0.25, 0.3) is 5.56 Å². The Hall–Kier alpha value is -1.36. The van der Waals surface area contributed by atoms with E-state index in [1.807, 2.05) is 0 Å². The van der Waals surface area contributed by atoms with Gasteiger partial charge in [0, 0.05) is 32.0 Å². The lowest BCUT2D eigenvalue weighted by Gasteiger charge is -2.50. The van der Waals surface area contributed by atoms with Gasteiger partial charge in [0.05, 0.1) is 5.54 Å². The van der Waals surface area contributed by atoms with Gasteiger partial charge in [-0.15, -0.1) is 0 Å². The van der Waals surface area contributed by atoms with Crippen LogP contribution in [0.3, 0.4) is 0 Å². The zero-order chi connectivity index (χ0) is 12.4. The van der Waals surface area contributed by atoms with E-state index in [9.17, 15) is 4.79 Å². The summed E-state index contributed by atoms with van der Waals surface area (Å²) in [5.41, 5.74) is 0.0436. The summed E-state index contributed by atoms with van der Waals surface area (Å²) in [6.45, 7) is 2.78. The lowest BCUT2D eigenvalue weighted by molar-refractivity contribution is 0.239. The van der Waals surface area contributed by atoms with Crippen LogP contribution in [-0.2, 0) is 0 Å². The first kappa shape index (κ1) is 11.7. The van der Waals surface area contributed by atoms with Crippen molar-refractivity contribution in [3.63, 3.8) is 0 Å². The van der Waals surface area contributed by atoms with E-state index in [0.717, 1.165) is 32.5 Å². The Bertz CT molecular complexity index is 456. The van der Waals surface area contributed by atoms with E-state index in [2.05, 4.69) is 20.2 Å². The first-order valence-electron chi connectivity index (χ1n) is 6.84. The molecular weight excluding hydrogens is 228 g/mol. The van der Waals surface area contributed by atoms with Gasteiger partial charge < -0.3 is 15.2 Å². The zero-order valence-electron chi connectivity index (χ0n) is 10.6. The summed E-state index contributed by atoms with van der Waals surface area (Å²) in [5, 5.41) is 3.48. The number of hydrogen-bond acceptors (Lipinski definition) is 4. The van der Waals surface area contributed by atoms with Crippen molar-refractivity contribution in [1.82, 2.24) is 15.3 Å². The number of H-pyrrole nitrogens is 1. The van der Waals surface area contributed by atoms with Gasteiger partial charge in [0.15, 0.2) is 5.82 Å². The molecule has 1 spiro atoms. The summed E-state index contributed by atoms with van der Waals surface area (Å²) in [6, 6.07) is 0. The fourth-order valence-electron chi connectivity index (χ4n) is 3.37. The minimum atomic E-state index is -0.0654. The van der Waals surface area contributed by atoms with Gasteiger partial charge in [-0.25, -0.2) is 4.98 Å². The number of hydrogen-bond donors (Lipinski definition) is 2. The van der Waals surface area contributed by atoms with Gasteiger partial charge in [0.2, 0.25) is 0 Å². The van der Waals surface area contributed by atoms with Gasteiger partial charge in [-0.3, -0.25) is 4.79 Å². The molecule has 5 nitrogen and oxygen atoms in total. The molecule has 1 aromatic rings. The molecule has 5 heteroatoms. The van der Waals surface area contributed by atoms with Crippen molar-refractivity contribution < 1.29 is 0 Å². The Morgan fingerprint density at radius 1 is 1.28 bits per heavy atom. The highest BCUT2D eigenvalue weighted by atomic mass is 16.1. The van der Waals surface area contributed by atoms with Crippen molar-refractivity contribution in [2.45, 2.75) is 37.6 Å². The van der Waals surface area contributed by atoms with E-state index in [1.165, 1.54) is 19.3 Å². The molecule has 1 saturated heterocycles. The fraction of sp³-hybridized carbons (Fsp3) is 0.692. The molecule has 2 aliphatic rings. The van der Waals surface area contributed by atoms with Crippen LogP contribution in [0.25, 0.3) is 0 Å². The maximum Gasteiger partial charge on any atom is 0.290 e. The van der Waals surface area contributed by atoms with E-state index < -0.39 is 0 Å². The van der Waals surface area contributed by atoms with Crippen LogP contribution in [0, 0.1) is 0 Å². The third-order valence-electron chi connectivity index (χ3n) is 4.27. The highest BCUT2D eigenvalue weighted by molar-refractivity contribution is 5.41. The molecule has 18 heavy (non-hydrogen) atoms. The number of rotatable bonds is 1. The molecule has 0 amide bonds. The second-order valence-electron chi connectivity index (χ2n) is 5.36. The summed E-state index contributed by atoms with van der Waals surface area (Å²) in [6.07, 6.45) is 9.42. The second-order valence-corrected chi connectivity index (χ2v) is 5.36. The van der Waals surface area contributed by atoms with Crippen LogP contribution < -0.4 is 15.8 Å². The molecule has 2 fully saturated rings. The highest BCUT2D eigenvalue weighted by Gasteiger charge is 2.41. The lowest BCUT2D eigenvalue weighted by Crippen LogP contribution is -2.63. The smallest absolute Gasteiger partial charge is 0.290 e. The van der Waals surface area contributed by atoms with Crippen molar-refractivity contribution in [3.8, 4) is 0 Å². The van der Waals surface area contributed by atoms with E-state index in [0.29, 0.717) is 5.82 Å². The van der Waals surface area contributed by atoms with Gasteiger partial charge in [-0.1, -0.05) is 19.3 Å². The van der Waals surface area contributed by atoms with Crippen LogP contribution in [0.4, 0.5) is 5.82 Å². The van der Waals surface area contributed by atoms with Gasteiger partial charge in [0.1, 0.15) is 0 Å². The van der Waals surface area contributed by atoms with Gasteiger partial charge >= 0.3 is 0 Å². The Kier molecular flexibility index (Phi) is 3.07. The first-order valence-corrected chi connectivity index (χ1v) is 6.84. The maximum atomic E-state index is 12.0. The average molecular weight is 248 g/mol. The van der Waals surface area contributed by atoms with Gasteiger partial charge in [-0.2, -0.15) is 0 Å². The number of aromatic amines is 1. The number of nitrogens with one attached hydrogen (secondary N) is 2. The van der Waals surface area contributed by atoms with Crippen molar-refractivity contribution in [1.29, 1.82) is 0 Å². The molecule has 3 rings (SSSR count). The highest BCUT2D eigenvalue weighted by Crippen LogP contribution is 2.35. The van der Waals surface area contributed by atoms with Crippen LogP contribution in [0.1, 0.15) is 32.1 Å². The van der Waals surface area contributed by atoms with Crippen molar-refractivity contribution in [2.24, 2.45) is 0 Å². The third kappa shape index (κ3) is 1.92. The number of aromatic nitrogens is 2. The Labute approximate surface area is 107 Å². The van der Waals surface area contributed by atoms with E-state index in [1.54, 1.807) is 12.4 Å². The van der Waals surface area contributed by atoms with Crippen molar-refractivity contribution >= 4 is 5.82 Å². The lowest BCUT2D eigenvalue weighted by atomic mass is 9.79. The summed E-state index contributed by atoms with van der Waals surface area (Å²) in [7, 11) is 0. The monoisotopic (exact) mass is 248 g/mol. The third-order valence-corrected chi connectivity index (χ3v) is 4.27. The molecule has 0 unspecified atom stereocenters. The minimum absolute atomic E-state index is 0.0654. The number of piperazine rings is 1. The molecule has 0 aromatic carbocycles. The molecule has 98 valence electrons. The number of anilines is 1. The molecule has 0 radical (unpaired) electrons. The quantitative estimate of drug-likeness (QED) is 0.774. The molecule has 0 bridgehead atoms. The topological polar surface area (TPSA) is 61.0 Å². The molecule has 2 heterocycles.